The minimum absolute atomic E-state index is 0.0766. The Morgan fingerprint density at radius 3 is 2.77 bits per heavy atom. The van der Waals surface area contributed by atoms with Gasteiger partial charge in [0.05, 0.1) is 6.54 Å². The van der Waals surface area contributed by atoms with Crippen molar-refractivity contribution in [2.24, 2.45) is 0 Å². The Balaban J connectivity index is 1.78. The second-order valence-corrected chi connectivity index (χ2v) is 5.90. The van der Waals surface area contributed by atoms with E-state index in [-0.39, 0.29) is 24.3 Å². The highest BCUT2D eigenvalue weighted by atomic mass is 16.2. The lowest BCUT2D eigenvalue weighted by atomic mass is 10.0. The molecule has 3 amide bonds. The SMILES string of the molecule is Cc1cccc(C(=O)N2CCN3C(=O)[C@@H](C)NC(=O)[C@H]3C2)c1. The van der Waals surface area contributed by atoms with Crippen molar-refractivity contribution in [3.8, 4) is 0 Å². The van der Waals surface area contributed by atoms with Crippen molar-refractivity contribution in [3.05, 3.63) is 35.4 Å². The number of benzene rings is 1. The lowest BCUT2D eigenvalue weighted by Gasteiger charge is -2.44. The quantitative estimate of drug-likeness (QED) is 0.804. The van der Waals surface area contributed by atoms with Crippen LogP contribution in [0.3, 0.4) is 0 Å². The van der Waals surface area contributed by atoms with Crippen LogP contribution in [0, 0.1) is 6.92 Å². The van der Waals surface area contributed by atoms with E-state index in [9.17, 15) is 14.4 Å². The Kier molecular flexibility index (Phi) is 3.60. The van der Waals surface area contributed by atoms with Crippen LogP contribution < -0.4 is 5.32 Å². The Morgan fingerprint density at radius 1 is 1.27 bits per heavy atom. The van der Waals surface area contributed by atoms with E-state index in [2.05, 4.69) is 5.32 Å². The number of rotatable bonds is 1. The second kappa shape index (κ2) is 5.44. The Morgan fingerprint density at radius 2 is 2.05 bits per heavy atom. The molecule has 2 fully saturated rings. The van der Waals surface area contributed by atoms with E-state index in [4.69, 9.17) is 0 Å². The van der Waals surface area contributed by atoms with Crippen LogP contribution in [-0.2, 0) is 9.59 Å². The summed E-state index contributed by atoms with van der Waals surface area (Å²) in [6.45, 7) is 4.72. The first-order valence-corrected chi connectivity index (χ1v) is 7.44. The van der Waals surface area contributed by atoms with Crippen molar-refractivity contribution in [2.75, 3.05) is 19.6 Å². The minimum atomic E-state index is -0.578. The van der Waals surface area contributed by atoms with Crippen LogP contribution in [0.5, 0.6) is 0 Å². The summed E-state index contributed by atoms with van der Waals surface area (Å²) in [6.07, 6.45) is 0. The standard InChI is InChI=1S/C16H19N3O3/c1-10-4-3-5-12(8-10)16(22)18-6-7-19-13(9-18)14(20)17-11(2)15(19)21/h3-5,8,11,13H,6-7,9H2,1-2H3,(H,17,20)/t11-,13-/m1/s1. The molecule has 1 aromatic rings. The van der Waals surface area contributed by atoms with Crippen LogP contribution in [0.4, 0.5) is 0 Å². The normalized spacial score (nSPS) is 24.8. The third kappa shape index (κ3) is 2.45. The Hall–Kier alpha value is -2.37. The van der Waals surface area contributed by atoms with Gasteiger partial charge in [0, 0.05) is 18.7 Å². The maximum absolute atomic E-state index is 12.6. The smallest absolute Gasteiger partial charge is 0.254 e. The fourth-order valence-electron chi connectivity index (χ4n) is 3.04. The van der Waals surface area contributed by atoms with Crippen molar-refractivity contribution in [1.82, 2.24) is 15.1 Å². The molecule has 0 bridgehead atoms. The van der Waals surface area contributed by atoms with Crippen LogP contribution in [0.1, 0.15) is 22.8 Å². The number of nitrogens with one attached hydrogen (secondary N) is 1. The van der Waals surface area contributed by atoms with E-state index in [1.807, 2.05) is 25.1 Å². The molecule has 1 N–H and O–H groups in total. The number of nitrogens with zero attached hydrogens (tertiary/aromatic N) is 2. The molecular formula is C16H19N3O3. The number of fused-ring (bicyclic) bond motifs is 1. The second-order valence-electron chi connectivity index (χ2n) is 5.90. The third-order valence-electron chi connectivity index (χ3n) is 4.25. The number of hydrogen-bond acceptors (Lipinski definition) is 3. The molecule has 0 aliphatic carbocycles. The number of hydrogen-bond donors (Lipinski definition) is 1. The van der Waals surface area contributed by atoms with Crippen LogP contribution >= 0.6 is 0 Å². The van der Waals surface area contributed by atoms with Gasteiger partial charge in [-0.25, -0.2) is 0 Å². The van der Waals surface area contributed by atoms with Gasteiger partial charge in [-0.15, -0.1) is 0 Å². The zero-order valence-electron chi connectivity index (χ0n) is 12.7. The summed E-state index contributed by atoms with van der Waals surface area (Å²) in [5, 5.41) is 2.67. The molecule has 2 aliphatic heterocycles. The molecule has 6 heteroatoms. The van der Waals surface area contributed by atoms with Gasteiger partial charge in [-0.05, 0) is 26.0 Å². The zero-order chi connectivity index (χ0) is 15.9. The number of aryl methyl sites for hydroxylation is 1. The Bertz CT molecular complexity index is 643. The molecule has 2 saturated heterocycles. The molecule has 1 aromatic carbocycles. The van der Waals surface area contributed by atoms with Crippen molar-refractivity contribution in [2.45, 2.75) is 25.9 Å². The van der Waals surface area contributed by atoms with Gasteiger partial charge in [0.1, 0.15) is 12.1 Å². The molecule has 0 unspecified atom stereocenters. The first-order chi connectivity index (χ1) is 10.5. The molecule has 0 spiro atoms. The van der Waals surface area contributed by atoms with E-state index in [0.717, 1.165) is 5.56 Å². The summed E-state index contributed by atoms with van der Waals surface area (Å²) in [4.78, 5) is 40.0. The molecule has 6 nitrogen and oxygen atoms in total. The van der Waals surface area contributed by atoms with Gasteiger partial charge < -0.3 is 15.1 Å². The van der Waals surface area contributed by atoms with Gasteiger partial charge in [0.2, 0.25) is 11.8 Å². The number of carbonyl (C=O) groups is 3. The van der Waals surface area contributed by atoms with Gasteiger partial charge in [-0.1, -0.05) is 17.7 Å². The van der Waals surface area contributed by atoms with E-state index in [1.54, 1.807) is 22.8 Å². The molecule has 22 heavy (non-hydrogen) atoms. The summed E-state index contributed by atoms with van der Waals surface area (Å²) in [5.41, 5.74) is 1.63. The molecule has 2 heterocycles. The summed E-state index contributed by atoms with van der Waals surface area (Å²) in [5.74, 6) is -0.358. The highest BCUT2D eigenvalue weighted by Gasteiger charge is 2.42. The fourth-order valence-corrected chi connectivity index (χ4v) is 3.04. The highest BCUT2D eigenvalue weighted by molar-refractivity contribution is 5.99. The lowest BCUT2D eigenvalue weighted by Crippen LogP contribution is -2.69. The van der Waals surface area contributed by atoms with Crippen LogP contribution in [0.15, 0.2) is 24.3 Å². The molecule has 0 saturated carbocycles. The predicted octanol–water partition coefficient (Wildman–Crippen LogP) is 0.166. The highest BCUT2D eigenvalue weighted by Crippen LogP contribution is 2.18. The number of carbonyl (C=O) groups excluding carboxylic acids is 3. The molecule has 2 atom stereocenters. The maximum Gasteiger partial charge on any atom is 0.254 e. The molecule has 3 rings (SSSR count). The van der Waals surface area contributed by atoms with Crippen molar-refractivity contribution < 1.29 is 14.4 Å². The Labute approximate surface area is 129 Å². The van der Waals surface area contributed by atoms with Gasteiger partial charge in [0.15, 0.2) is 0 Å². The predicted molar refractivity (Wildman–Crippen MR) is 80.2 cm³/mol. The maximum atomic E-state index is 12.6. The average molecular weight is 301 g/mol. The van der Waals surface area contributed by atoms with Gasteiger partial charge in [-0.2, -0.15) is 0 Å². The summed E-state index contributed by atoms with van der Waals surface area (Å²) < 4.78 is 0. The van der Waals surface area contributed by atoms with E-state index in [1.165, 1.54) is 0 Å². The zero-order valence-corrected chi connectivity index (χ0v) is 12.7. The minimum Gasteiger partial charge on any atom is -0.343 e. The molecule has 0 radical (unpaired) electrons. The molecule has 0 aromatic heterocycles. The van der Waals surface area contributed by atoms with Crippen molar-refractivity contribution in [1.29, 1.82) is 0 Å². The van der Waals surface area contributed by atoms with Crippen molar-refractivity contribution in [3.63, 3.8) is 0 Å². The van der Waals surface area contributed by atoms with Crippen LogP contribution in [0.25, 0.3) is 0 Å². The third-order valence-corrected chi connectivity index (χ3v) is 4.25. The largest absolute Gasteiger partial charge is 0.343 e. The molecule has 116 valence electrons. The molecule has 2 aliphatic rings. The van der Waals surface area contributed by atoms with Gasteiger partial charge in [0.25, 0.3) is 5.91 Å². The van der Waals surface area contributed by atoms with E-state index >= 15 is 0 Å². The van der Waals surface area contributed by atoms with Gasteiger partial charge in [-0.3, -0.25) is 14.4 Å². The lowest BCUT2D eigenvalue weighted by molar-refractivity contribution is -0.151. The fraction of sp³-hybridized carbons (Fsp3) is 0.438. The summed E-state index contributed by atoms with van der Waals surface area (Å²) >= 11 is 0. The molecular weight excluding hydrogens is 282 g/mol. The first kappa shape index (κ1) is 14.6. The number of piperazine rings is 2. The summed E-state index contributed by atoms with van der Waals surface area (Å²) in [7, 11) is 0. The summed E-state index contributed by atoms with van der Waals surface area (Å²) in [6, 6.07) is 6.33. The van der Waals surface area contributed by atoms with Crippen molar-refractivity contribution >= 4 is 17.7 Å². The van der Waals surface area contributed by atoms with Crippen LogP contribution in [0.2, 0.25) is 0 Å². The number of amides is 3. The average Bonchev–Trinajstić information content (AvgIpc) is 2.51. The topological polar surface area (TPSA) is 69.7 Å². The van der Waals surface area contributed by atoms with Crippen LogP contribution in [-0.4, -0.2) is 59.2 Å². The monoisotopic (exact) mass is 301 g/mol. The van der Waals surface area contributed by atoms with Gasteiger partial charge >= 0.3 is 0 Å². The van der Waals surface area contributed by atoms with E-state index < -0.39 is 12.1 Å². The van der Waals surface area contributed by atoms with E-state index in [0.29, 0.717) is 18.7 Å². The first-order valence-electron chi connectivity index (χ1n) is 7.44.